The average molecular weight is 402 g/mol. The Balaban J connectivity index is 1.42. The maximum Gasteiger partial charge on any atom is 0.231 e. The number of carbonyl (C=O) groups excluding carboxylic acids is 1. The number of anilines is 2. The number of morpholine rings is 1. The van der Waals surface area contributed by atoms with Gasteiger partial charge in [0.25, 0.3) is 0 Å². The molecule has 0 radical (unpaired) electrons. The summed E-state index contributed by atoms with van der Waals surface area (Å²) in [6.07, 6.45) is 0.749. The largest absolute Gasteiger partial charge is 0.378 e. The number of carbonyl (C=O) groups is 1. The third kappa shape index (κ3) is 4.66. The number of nitrogens with zero attached hydrogens (tertiary/aromatic N) is 3. The highest BCUT2D eigenvalue weighted by Gasteiger charge is 2.18. The lowest BCUT2D eigenvalue weighted by molar-refractivity contribution is -0.117. The molecule has 30 heavy (non-hydrogen) atoms. The normalized spacial score (nSPS) is 14.9. The zero-order valence-corrected chi connectivity index (χ0v) is 17.1. The monoisotopic (exact) mass is 402 g/mol. The molecule has 2 aromatic carbocycles. The molecule has 154 valence electrons. The number of rotatable bonds is 6. The highest BCUT2D eigenvalue weighted by atomic mass is 16.5. The molecule has 1 saturated heterocycles. The summed E-state index contributed by atoms with van der Waals surface area (Å²) in [5.41, 5.74) is 3.57. The van der Waals surface area contributed by atoms with Crippen molar-refractivity contribution in [3.8, 4) is 11.3 Å². The molecule has 1 aliphatic rings. The van der Waals surface area contributed by atoms with Gasteiger partial charge >= 0.3 is 0 Å². The first-order chi connectivity index (χ1) is 14.7. The fraction of sp³-hybridized carbons (Fsp3) is 0.292. The molecular formula is C24H26N4O2. The lowest BCUT2D eigenvalue weighted by atomic mass is 9.95. The van der Waals surface area contributed by atoms with Crippen molar-refractivity contribution >= 4 is 17.4 Å². The summed E-state index contributed by atoms with van der Waals surface area (Å²) in [5.74, 6) is 0.716. The van der Waals surface area contributed by atoms with Crippen molar-refractivity contribution in [3.63, 3.8) is 0 Å². The fourth-order valence-corrected chi connectivity index (χ4v) is 3.65. The first-order valence-electron chi connectivity index (χ1n) is 10.4. The van der Waals surface area contributed by atoms with E-state index in [0.717, 1.165) is 61.1 Å². The Labute approximate surface area is 176 Å². The van der Waals surface area contributed by atoms with Gasteiger partial charge in [-0.25, -0.2) is 0 Å². The predicted molar refractivity (Wildman–Crippen MR) is 119 cm³/mol. The van der Waals surface area contributed by atoms with E-state index in [1.165, 1.54) is 0 Å². The van der Waals surface area contributed by atoms with Crippen LogP contribution in [0.25, 0.3) is 11.3 Å². The van der Waals surface area contributed by atoms with E-state index < -0.39 is 0 Å². The average Bonchev–Trinajstić information content (AvgIpc) is 2.81. The predicted octanol–water partition coefficient (Wildman–Crippen LogP) is 4.11. The summed E-state index contributed by atoms with van der Waals surface area (Å²) in [5, 5.41) is 11.8. The number of hydrogen-bond donors (Lipinski definition) is 1. The highest BCUT2D eigenvalue weighted by molar-refractivity contribution is 5.96. The van der Waals surface area contributed by atoms with Crippen molar-refractivity contribution in [2.24, 2.45) is 0 Å². The van der Waals surface area contributed by atoms with Gasteiger partial charge in [-0.1, -0.05) is 49.4 Å². The third-order valence-corrected chi connectivity index (χ3v) is 5.36. The first kappa shape index (κ1) is 20.0. The quantitative estimate of drug-likeness (QED) is 0.672. The zero-order chi connectivity index (χ0) is 20.8. The minimum atomic E-state index is -0.163. The third-order valence-electron chi connectivity index (χ3n) is 5.36. The Morgan fingerprint density at radius 3 is 2.37 bits per heavy atom. The number of benzene rings is 2. The molecule has 0 saturated carbocycles. The van der Waals surface area contributed by atoms with Crippen molar-refractivity contribution in [2.45, 2.75) is 19.3 Å². The molecule has 0 bridgehead atoms. The molecule has 1 aliphatic heterocycles. The summed E-state index contributed by atoms with van der Waals surface area (Å²) in [4.78, 5) is 14.9. The molecule has 2 heterocycles. The Kier molecular flexibility index (Phi) is 6.35. The molecule has 1 aromatic heterocycles. The Hall–Kier alpha value is -3.25. The van der Waals surface area contributed by atoms with E-state index in [9.17, 15) is 4.79 Å². The van der Waals surface area contributed by atoms with Crippen LogP contribution in [-0.4, -0.2) is 42.4 Å². The fourth-order valence-electron chi connectivity index (χ4n) is 3.65. The van der Waals surface area contributed by atoms with Crippen LogP contribution in [-0.2, 0) is 9.53 Å². The van der Waals surface area contributed by atoms with Crippen molar-refractivity contribution < 1.29 is 9.53 Å². The molecule has 0 spiro atoms. The van der Waals surface area contributed by atoms with E-state index in [4.69, 9.17) is 4.74 Å². The summed E-state index contributed by atoms with van der Waals surface area (Å²) in [7, 11) is 0. The van der Waals surface area contributed by atoms with Crippen LogP contribution >= 0.6 is 0 Å². The Morgan fingerprint density at radius 1 is 1.00 bits per heavy atom. The summed E-state index contributed by atoms with van der Waals surface area (Å²) >= 11 is 0. The van der Waals surface area contributed by atoms with Gasteiger partial charge in [0.15, 0.2) is 5.82 Å². The first-order valence-corrected chi connectivity index (χ1v) is 10.4. The lowest BCUT2D eigenvalue weighted by Crippen LogP contribution is -2.36. The maximum atomic E-state index is 12.7. The van der Waals surface area contributed by atoms with Crippen molar-refractivity contribution in [2.75, 3.05) is 36.5 Å². The second-order valence-corrected chi connectivity index (χ2v) is 7.31. The van der Waals surface area contributed by atoms with Crippen LogP contribution in [0.2, 0.25) is 0 Å². The minimum Gasteiger partial charge on any atom is -0.378 e. The SMILES string of the molecule is CC[C@H](C(=O)Nc1ccc(-c2ccc(N3CCOCC3)nn2)cc1)c1ccccc1. The van der Waals surface area contributed by atoms with Gasteiger partial charge in [-0.15, -0.1) is 10.2 Å². The zero-order valence-electron chi connectivity index (χ0n) is 17.1. The van der Waals surface area contributed by atoms with Crippen LogP contribution in [0, 0.1) is 0 Å². The number of hydrogen-bond acceptors (Lipinski definition) is 5. The van der Waals surface area contributed by atoms with E-state index in [0.29, 0.717) is 0 Å². The van der Waals surface area contributed by atoms with Gasteiger partial charge in [-0.05, 0) is 36.2 Å². The number of ether oxygens (including phenoxy) is 1. The molecule has 1 amide bonds. The smallest absolute Gasteiger partial charge is 0.231 e. The van der Waals surface area contributed by atoms with Crippen LogP contribution < -0.4 is 10.2 Å². The molecule has 4 rings (SSSR count). The number of amides is 1. The van der Waals surface area contributed by atoms with Gasteiger partial charge in [0.2, 0.25) is 5.91 Å². The van der Waals surface area contributed by atoms with Crippen LogP contribution in [0.5, 0.6) is 0 Å². The van der Waals surface area contributed by atoms with E-state index in [1.54, 1.807) is 0 Å². The van der Waals surface area contributed by atoms with Gasteiger partial charge in [-0.2, -0.15) is 0 Å². The molecule has 1 atom stereocenters. The molecule has 6 heteroatoms. The summed E-state index contributed by atoms with van der Waals surface area (Å²) < 4.78 is 5.38. The van der Waals surface area contributed by atoms with Gasteiger partial charge in [0.05, 0.1) is 24.8 Å². The summed E-state index contributed by atoms with van der Waals surface area (Å²) in [6, 6.07) is 21.6. The summed E-state index contributed by atoms with van der Waals surface area (Å²) in [6.45, 7) is 5.15. The molecule has 6 nitrogen and oxygen atoms in total. The topological polar surface area (TPSA) is 67.4 Å². The van der Waals surface area contributed by atoms with Crippen molar-refractivity contribution in [3.05, 3.63) is 72.3 Å². The van der Waals surface area contributed by atoms with Gasteiger partial charge in [0.1, 0.15) is 0 Å². The molecule has 1 fully saturated rings. The maximum absolute atomic E-state index is 12.7. The van der Waals surface area contributed by atoms with Gasteiger partial charge < -0.3 is 15.0 Å². The number of aromatic nitrogens is 2. The standard InChI is InChI=1S/C24H26N4O2/c1-2-21(18-6-4-3-5-7-18)24(29)25-20-10-8-19(9-11-20)22-12-13-23(27-26-22)28-14-16-30-17-15-28/h3-13,21H,2,14-17H2,1H3,(H,25,29)/t21-/m0/s1. The second kappa shape index (κ2) is 9.50. The molecule has 1 N–H and O–H groups in total. The van der Waals surface area contributed by atoms with Crippen LogP contribution in [0.1, 0.15) is 24.8 Å². The van der Waals surface area contributed by atoms with E-state index in [-0.39, 0.29) is 11.8 Å². The lowest BCUT2D eigenvalue weighted by Gasteiger charge is -2.27. The minimum absolute atomic E-state index is 0.00565. The van der Waals surface area contributed by atoms with Gasteiger partial charge in [-0.3, -0.25) is 4.79 Å². The van der Waals surface area contributed by atoms with E-state index >= 15 is 0 Å². The Morgan fingerprint density at radius 2 is 1.73 bits per heavy atom. The van der Waals surface area contributed by atoms with E-state index in [2.05, 4.69) is 20.4 Å². The molecule has 3 aromatic rings. The van der Waals surface area contributed by atoms with Gasteiger partial charge in [0, 0.05) is 24.3 Å². The van der Waals surface area contributed by atoms with Crippen LogP contribution in [0.15, 0.2) is 66.7 Å². The highest BCUT2D eigenvalue weighted by Crippen LogP contribution is 2.24. The van der Waals surface area contributed by atoms with Crippen LogP contribution in [0.3, 0.4) is 0 Å². The Bertz CT molecular complexity index is 953. The molecule has 0 aliphatic carbocycles. The molecule has 0 unspecified atom stereocenters. The number of nitrogens with one attached hydrogen (secondary N) is 1. The second-order valence-electron chi connectivity index (χ2n) is 7.31. The van der Waals surface area contributed by atoms with Crippen molar-refractivity contribution in [1.29, 1.82) is 0 Å². The van der Waals surface area contributed by atoms with Crippen molar-refractivity contribution in [1.82, 2.24) is 10.2 Å². The molecular weight excluding hydrogens is 376 g/mol. The van der Waals surface area contributed by atoms with Crippen LogP contribution in [0.4, 0.5) is 11.5 Å². The van der Waals surface area contributed by atoms with E-state index in [1.807, 2.05) is 73.7 Å².